The maximum atomic E-state index is 12.3. The molecule has 0 amide bonds. The number of halogens is 3. The average Bonchev–Trinajstić information content (AvgIpc) is 2.59. The highest BCUT2D eigenvalue weighted by molar-refractivity contribution is 5.69. The molecule has 0 bridgehead atoms. The Morgan fingerprint density at radius 2 is 2.00 bits per heavy atom. The molecule has 0 radical (unpaired) electrons. The van der Waals surface area contributed by atoms with Gasteiger partial charge in [0.2, 0.25) is 0 Å². The van der Waals surface area contributed by atoms with Crippen LogP contribution in [0, 0.1) is 0 Å². The van der Waals surface area contributed by atoms with Crippen molar-refractivity contribution in [2.75, 3.05) is 0 Å². The fourth-order valence-corrected chi connectivity index (χ4v) is 1.24. The van der Waals surface area contributed by atoms with Gasteiger partial charge in [0.1, 0.15) is 5.60 Å². The van der Waals surface area contributed by atoms with Gasteiger partial charge in [-0.25, -0.2) is 0 Å². The number of hydrogen-bond acceptors (Lipinski definition) is 3. The van der Waals surface area contributed by atoms with Crippen LogP contribution in [0.2, 0.25) is 0 Å². The first kappa shape index (κ1) is 14.5. The molecule has 0 atom stereocenters. The maximum absolute atomic E-state index is 12.3. The standard InChI is InChI=1S/C11H15F3N2O2/c1-10(2,3)18-9(17)5-7-16-6-4-8(15-16)11(12,13)14/h4,6H,5,7H2,1-3H3. The topological polar surface area (TPSA) is 44.1 Å². The smallest absolute Gasteiger partial charge is 0.435 e. The monoisotopic (exact) mass is 264 g/mol. The van der Waals surface area contributed by atoms with Crippen molar-refractivity contribution in [3.63, 3.8) is 0 Å². The molecule has 0 aliphatic carbocycles. The predicted molar refractivity (Wildman–Crippen MR) is 57.7 cm³/mol. The molecule has 0 spiro atoms. The molecule has 7 heteroatoms. The minimum absolute atomic E-state index is 0.0176. The lowest BCUT2D eigenvalue weighted by molar-refractivity contribution is -0.155. The molecule has 0 aliphatic rings. The van der Waals surface area contributed by atoms with E-state index in [1.54, 1.807) is 20.8 Å². The summed E-state index contributed by atoms with van der Waals surface area (Å²) in [5.74, 6) is -0.466. The van der Waals surface area contributed by atoms with E-state index in [1.807, 2.05) is 0 Å². The van der Waals surface area contributed by atoms with Crippen molar-refractivity contribution in [2.24, 2.45) is 0 Å². The molecule has 0 N–H and O–H groups in total. The summed E-state index contributed by atoms with van der Waals surface area (Å²) in [7, 11) is 0. The summed E-state index contributed by atoms with van der Waals surface area (Å²) in [5, 5.41) is 3.33. The van der Waals surface area contributed by atoms with Crippen molar-refractivity contribution in [3.05, 3.63) is 18.0 Å². The first-order valence-electron chi connectivity index (χ1n) is 5.40. The molecule has 0 saturated heterocycles. The van der Waals surface area contributed by atoms with E-state index in [9.17, 15) is 18.0 Å². The van der Waals surface area contributed by atoms with Gasteiger partial charge in [0, 0.05) is 6.20 Å². The number of carbonyl (C=O) groups is 1. The molecular weight excluding hydrogens is 249 g/mol. The Balaban J connectivity index is 2.50. The van der Waals surface area contributed by atoms with Gasteiger partial charge in [-0.15, -0.1) is 0 Å². The third-order valence-corrected chi connectivity index (χ3v) is 1.90. The molecular formula is C11H15F3N2O2. The number of carbonyl (C=O) groups excluding carboxylic acids is 1. The number of esters is 1. The Labute approximate surface area is 103 Å². The lowest BCUT2D eigenvalue weighted by Crippen LogP contribution is -2.24. The SMILES string of the molecule is CC(C)(C)OC(=O)CCn1ccc(C(F)(F)F)n1. The van der Waals surface area contributed by atoms with E-state index in [2.05, 4.69) is 5.10 Å². The first-order chi connectivity index (χ1) is 8.08. The molecule has 102 valence electrons. The highest BCUT2D eigenvalue weighted by Crippen LogP contribution is 2.27. The van der Waals surface area contributed by atoms with Crippen LogP contribution in [0.3, 0.4) is 0 Å². The van der Waals surface area contributed by atoms with Gasteiger partial charge in [-0.05, 0) is 26.8 Å². The molecule has 0 aliphatic heterocycles. The summed E-state index contributed by atoms with van der Waals surface area (Å²) >= 11 is 0. The van der Waals surface area contributed by atoms with Crippen molar-refractivity contribution in [3.8, 4) is 0 Å². The third kappa shape index (κ3) is 4.77. The molecule has 0 saturated carbocycles. The van der Waals surface area contributed by atoms with Crippen LogP contribution in [-0.2, 0) is 22.3 Å². The van der Waals surface area contributed by atoms with Crippen LogP contribution in [-0.4, -0.2) is 21.4 Å². The van der Waals surface area contributed by atoms with Crippen LogP contribution in [0.25, 0.3) is 0 Å². The van der Waals surface area contributed by atoms with Crippen molar-refractivity contribution in [1.82, 2.24) is 9.78 Å². The maximum Gasteiger partial charge on any atom is 0.435 e. The molecule has 4 nitrogen and oxygen atoms in total. The summed E-state index contributed by atoms with van der Waals surface area (Å²) in [6, 6.07) is 0.870. The van der Waals surface area contributed by atoms with E-state index >= 15 is 0 Å². The number of ether oxygens (including phenoxy) is 1. The Morgan fingerprint density at radius 3 is 2.44 bits per heavy atom. The lowest BCUT2D eigenvalue weighted by atomic mass is 10.2. The van der Waals surface area contributed by atoms with Crippen LogP contribution in [0.5, 0.6) is 0 Å². The highest BCUT2D eigenvalue weighted by atomic mass is 19.4. The summed E-state index contributed by atoms with van der Waals surface area (Å²) in [6.07, 6.45) is -3.29. The van der Waals surface area contributed by atoms with Crippen molar-refractivity contribution in [2.45, 2.75) is 45.5 Å². The third-order valence-electron chi connectivity index (χ3n) is 1.90. The summed E-state index contributed by atoms with van der Waals surface area (Å²) < 4.78 is 42.9. The second-order valence-corrected chi connectivity index (χ2v) is 4.80. The lowest BCUT2D eigenvalue weighted by Gasteiger charge is -2.19. The van der Waals surface area contributed by atoms with Crippen LogP contribution in [0.1, 0.15) is 32.9 Å². The molecule has 1 rings (SSSR count). The summed E-state index contributed by atoms with van der Waals surface area (Å²) in [6.45, 7) is 5.23. The molecule has 1 aromatic rings. The number of alkyl halides is 3. The largest absolute Gasteiger partial charge is 0.460 e. The molecule has 0 unspecified atom stereocenters. The van der Waals surface area contributed by atoms with Crippen LogP contribution in [0.4, 0.5) is 13.2 Å². The van der Waals surface area contributed by atoms with Gasteiger partial charge in [0.15, 0.2) is 5.69 Å². The second-order valence-electron chi connectivity index (χ2n) is 4.80. The fraction of sp³-hybridized carbons (Fsp3) is 0.636. The number of nitrogens with zero attached hydrogens (tertiary/aromatic N) is 2. The van der Waals surface area contributed by atoms with Gasteiger partial charge < -0.3 is 4.74 Å². The second kappa shape index (κ2) is 4.99. The first-order valence-corrected chi connectivity index (χ1v) is 5.40. The number of rotatable bonds is 3. The predicted octanol–water partition coefficient (Wildman–Crippen LogP) is 2.63. The van der Waals surface area contributed by atoms with E-state index in [0.717, 1.165) is 10.7 Å². The minimum atomic E-state index is -4.46. The Hall–Kier alpha value is -1.53. The Morgan fingerprint density at radius 1 is 1.39 bits per heavy atom. The molecule has 1 heterocycles. The minimum Gasteiger partial charge on any atom is -0.460 e. The number of aryl methyl sites for hydroxylation is 1. The zero-order chi connectivity index (χ0) is 14.0. The summed E-state index contributed by atoms with van der Waals surface area (Å²) in [5.41, 5.74) is -1.56. The molecule has 0 aromatic carbocycles. The molecule has 18 heavy (non-hydrogen) atoms. The van der Waals surface area contributed by atoms with E-state index < -0.39 is 23.4 Å². The zero-order valence-electron chi connectivity index (χ0n) is 10.4. The van der Waals surface area contributed by atoms with Gasteiger partial charge in [0.05, 0.1) is 13.0 Å². The molecule has 0 fully saturated rings. The molecule has 1 aromatic heterocycles. The van der Waals surface area contributed by atoms with Gasteiger partial charge in [-0.3, -0.25) is 9.48 Å². The van der Waals surface area contributed by atoms with E-state index in [-0.39, 0.29) is 13.0 Å². The van der Waals surface area contributed by atoms with Gasteiger partial charge in [-0.2, -0.15) is 18.3 Å². The Bertz CT molecular complexity index is 419. The van der Waals surface area contributed by atoms with E-state index in [1.165, 1.54) is 6.20 Å². The van der Waals surface area contributed by atoms with Crippen molar-refractivity contribution < 1.29 is 22.7 Å². The highest BCUT2D eigenvalue weighted by Gasteiger charge is 2.33. The summed E-state index contributed by atoms with van der Waals surface area (Å²) in [4.78, 5) is 11.4. The van der Waals surface area contributed by atoms with Crippen molar-refractivity contribution in [1.29, 1.82) is 0 Å². The Kier molecular flexibility index (Phi) is 4.03. The average molecular weight is 264 g/mol. The van der Waals surface area contributed by atoms with Crippen LogP contribution >= 0.6 is 0 Å². The van der Waals surface area contributed by atoms with Gasteiger partial charge in [0.25, 0.3) is 0 Å². The normalized spacial score (nSPS) is 12.6. The van der Waals surface area contributed by atoms with E-state index in [0.29, 0.717) is 0 Å². The number of hydrogen-bond donors (Lipinski definition) is 0. The number of aromatic nitrogens is 2. The van der Waals surface area contributed by atoms with E-state index in [4.69, 9.17) is 4.74 Å². The van der Waals surface area contributed by atoms with Crippen molar-refractivity contribution >= 4 is 5.97 Å². The fourth-order valence-electron chi connectivity index (χ4n) is 1.24. The quantitative estimate of drug-likeness (QED) is 0.788. The zero-order valence-corrected chi connectivity index (χ0v) is 10.4. The van der Waals surface area contributed by atoms with Gasteiger partial charge >= 0.3 is 12.1 Å². The van der Waals surface area contributed by atoms with Crippen LogP contribution in [0.15, 0.2) is 12.3 Å². The van der Waals surface area contributed by atoms with Gasteiger partial charge in [-0.1, -0.05) is 0 Å². The van der Waals surface area contributed by atoms with Crippen LogP contribution < -0.4 is 0 Å².